The highest BCUT2D eigenvalue weighted by Crippen LogP contribution is 2.27. The van der Waals surface area contributed by atoms with Gasteiger partial charge in [0.1, 0.15) is 0 Å². The fourth-order valence-electron chi connectivity index (χ4n) is 3.60. The molecule has 1 aliphatic heterocycles. The number of carbonyl (C=O) groups is 1. The van der Waals surface area contributed by atoms with Gasteiger partial charge >= 0.3 is 0 Å². The molecule has 0 N–H and O–H groups in total. The molecule has 3 aromatic rings. The van der Waals surface area contributed by atoms with E-state index in [9.17, 15) is 4.79 Å². The first-order chi connectivity index (χ1) is 12.5. The Labute approximate surface area is 152 Å². The third-order valence-corrected chi connectivity index (χ3v) is 4.87. The van der Waals surface area contributed by atoms with Crippen molar-refractivity contribution < 1.29 is 4.79 Å². The van der Waals surface area contributed by atoms with Crippen LogP contribution in [0.25, 0.3) is 11.4 Å². The Hall–Kier alpha value is -2.96. The van der Waals surface area contributed by atoms with Crippen LogP contribution in [-0.4, -0.2) is 41.9 Å². The van der Waals surface area contributed by atoms with Gasteiger partial charge in [-0.1, -0.05) is 30.3 Å². The standard InChI is InChI=1S/C19H22N6O/c1-13-10-24(18(26)9-16-11-23(3)22-14(16)2)12-17-20-21-19(25(13)17)15-7-5-4-6-8-15/h4-8,11,13H,9-10,12H2,1-3H3/t13-/m0/s1. The molecule has 0 saturated heterocycles. The molecule has 4 rings (SSSR count). The quantitative estimate of drug-likeness (QED) is 0.726. The van der Waals surface area contributed by atoms with Crippen LogP contribution < -0.4 is 0 Å². The van der Waals surface area contributed by atoms with Crippen LogP contribution in [0.2, 0.25) is 0 Å². The molecule has 0 spiro atoms. The highest BCUT2D eigenvalue weighted by Gasteiger charge is 2.29. The molecule has 134 valence electrons. The van der Waals surface area contributed by atoms with Crippen molar-refractivity contribution in [3.8, 4) is 11.4 Å². The number of rotatable bonds is 3. The van der Waals surface area contributed by atoms with E-state index in [0.717, 1.165) is 28.5 Å². The number of aromatic nitrogens is 5. The summed E-state index contributed by atoms with van der Waals surface area (Å²) in [4.78, 5) is 14.7. The van der Waals surface area contributed by atoms with Crippen molar-refractivity contribution in [1.29, 1.82) is 0 Å². The SMILES string of the molecule is Cc1nn(C)cc1CC(=O)N1Cc2nnc(-c3ccccc3)n2[C@@H](C)C1. The minimum atomic E-state index is 0.100. The van der Waals surface area contributed by atoms with Crippen molar-refractivity contribution in [2.75, 3.05) is 6.54 Å². The highest BCUT2D eigenvalue weighted by atomic mass is 16.2. The third kappa shape index (κ3) is 2.89. The topological polar surface area (TPSA) is 68.8 Å². The largest absolute Gasteiger partial charge is 0.333 e. The van der Waals surface area contributed by atoms with Crippen molar-refractivity contribution in [3.05, 3.63) is 53.6 Å². The van der Waals surface area contributed by atoms with E-state index in [1.54, 1.807) is 4.68 Å². The zero-order valence-electron chi connectivity index (χ0n) is 15.3. The summed E-state index contributed by atoms with van der Waals surface area (Å²) in [5, 5.41) is 13.0. The van der Waals surface area contributed by atoms with Gasteiger partial charge in [0.2, 0.25) is 5.91 Å². The summed E-state index contributed by atoms with van der Waals surface area (Å²) in [6.07, 6.45) is 2.28. The van der Waals surface area contributed by atoms with E-state index in [1.165, 1.54) is 0 Å². The average Bonchev–Trinajstić information content (AvgIpc) is 3.19. The van der Waals surface area contributed by atoms with Crippen LogP contribution in [0.4, 0.5) is 0 Å². The van der Waals surface area contributed by atoms with Gasteiger partial charge in [0.25, 0.3) is 0 Å². The summed E-state index contributed by atoms with van der Waals surface area (Å²) in [5.74, 6) is 1.80. The first kappa shape index (κ1) is 16.5. The number of amides is 1. The first-order valence-corrected chi connectivity index (χ1v) is 8.79. The Balaban J connectivity index is 1.56. The number of nitrogens with zero attached hydrogens (tertiary/aromatic N) is 6. The van der Waals surface area contributed by atoms with Crippen LogP contribution in [0.1, 0.15) is 30.0 Å². The molecule has 0 fully saturated rings. The molecule has 26 heavy (non-hydrogen) atoms. The van der Waals surface area contributed by atoms with Crippen molar-refractivity contribution >= 4 is 5.91 Å². The molecule has 0 unspecified atom stereocenters. The normalized spacial score (nSPS) is 16.6. The van der Waals surface area contributed by atoms with Gasteiger partial charge in [0.05, 0.1) is 24.7 Å². The molecular formula is C19H22N6O. The lowest BCUT2D eigenvalue weighted by Gasteiger charge is -2.32. The predicted octanol–water partition coefficient (Wildman–Crippen LogP) is 2.13. The van der Waals surface area contributed by atoms with Crippen molar-refractivity contribution in [2.24, 2.45) is 7.05 Å². The fourth-order valence-corrected chi connectivity index (χ4v) is 3.60. The molecule has 1 aliphatic rings. The Morgan fingerprint density at radius 3 is 2.69 bits per heavy atom. The predicted molar refractivity (Wildman–Crippen MR) is 97.2 cm³/mol. The van der Waals surface area contributed by atoms with Gasteiger partial charge in [-0.2, -0.15) is 5.10 Å². The average molecular weight is 350 g/mol. The molecule has 7 heteroatoms. The molecule has 0 aliphatic carbocycles. The molecule has 7 nitrogen and oxygen atoms in total. The van der Waals surface area contributed by atoms with Gasteiger partial charge in [-0.15, -0.1) is 10.2 Å². The zero-order valence-corrected chi connectivity index (χ0v) is 15.3. The Kier molecular flexibility index (Phi) is 4.06. The van der Waals surface area contributed by atoms with Gasteiger partial charge < -0.3 is 9.47 Å². The maximum absolute atomic E-state index is 12.8. The Morgan fingerprint density at radius 2 is 2.00 bits per heavy atom. The number of hydrogen-bond acceptors (Lipinski definition) is 4. The van der Waals surface area contributed by atoms with Gasteiger partial charge in [-0.25, -0.2) is 0 Å². The van der Waals surface area contributed by atoms with Crippen molar-refractivity contribution in [3.63, 3.8) is 0 Å². The molecule has 0 bridgehead atoms. The van der Waals surface area contributed by atoms with Crippen LogP contribution in [0.15, 0.2) is 36.5 Å². The summed E-state index contributed by atoms with van der Waals surface area (Å²) < 4.78 is 3.90. The third-order valence-electron chi connectivity index (χ3n) is 4.87. The van der Waals surface area contributed by atoms with Gasteiger partial charge in [-0.3, -0.25) is 9.48 Å². The van der Waals surface area contributed by atoms with Crippen LogP contribution in [0, 0.1) is 6.92 Å². The summed E-state index contributed by atoms with van der Waals surface area (Å²) in [6, 6.07) is 10.2. The van der Waals surface area contributed by atoms with E-state index in [4.69, 9.17) is 0 Å². The molecule has 0 saturated carbocycles. The van der Waals surface area contributed by atoms with Crippen molar-refractivity contribution in [1.82, 2.24) is 29.4 Å². The van der Waals surface area contributed by atoms with Crippen LogP contribution >= 0.6 is 0 Å². The highest BCUT2D eigenvalue weighted by molar-refractivity contribution is 5.79. The number of benzene rings is 1. The number of fused-ring (bicyclic) bond motifs is 1. The van der Waals surface area contributed by atoms with E-state index < -0.39 is 0 Å². The molecular weight excluding hydrogens is 328 g/mol. The maximum atomic E-state index is 12.8. The smallest absolute Gasteiger partial charge is 0.227 e. The van der Waals surface area contributed by atoms with Gasteiger partial charge in [0, 0.05) is 30.9 Å². The Bertz CT molecular complexity index is 942. The van der Waals surface area contributed by atoms with E-state index in [0.29, 0.717) is 19.5 Å². The first-order valence-electron chi connectivity index (χ1n) is 8.79. The van der Waals surface area contributed by atoms with Crippen molar-refractivity contribution in [2.45, 2.75) is 32.9 Å². The molecule has 2 aromatic heterocycles. The second-order valence-corrected chi connectivity index (χ2v) is 6.89. The second kappa shape index (κ2) is 6.40. The molecule has 3 heterocycles. The second-order valence-electron chi connectivity index (χ2n) is 6.89. The van der Waals surface area contributed by atoms with E-state index >= 15 is 0 Å². The van der Waals surface area contributed by atoms with Crippen LogP contribution in [0.5, 0.6) is 0 Å². The lowest BCUT2D eigenvalue weighted by molar-refractivity contribution is -0.132. The summed E-state index contributed by atoms with van der Waals surface area (Å²) >= 11 is 0. The lowest BCUT2D eigenvalue weighted by Crippen LogP contribution is -2.41. The van der Waals surface area contributed by atoms with Gasteiger partial charge in [0.15, 0.2) is 11.6 Å². The zero-order chi connectivity index (χ0) is 18.3. The van der Waals surface area contributed by atoms with E-state index in [2.05, 4.69) is 26.8 Å². The number of hydrogen-bond donors (Lipinski definition) is 0. The number of carbonyl (C=O) groups excluding carboxylic acids is 1. The van der Waals surface area contributed by atoms with E-state index in [-0.39, 0.29) is 11.9 Å². The lowest BCUT2D eigenvalue weighted by atomic mass is 10.1. The van der Waals surface area contributed by atoms with Crippen LogP contribution in [-0.2, 0) is 24.8 Å². The van der Waals surface area contributed by atoms with Gasteiger partial charge in [-0.05, 0) is 13.8 Å². The Morgan fingerprint density at radius 1 is 1.23 bits per heavy atom. The fraction of sp³-hybridized carbons (Fsp3) is 0.368. The van der Waals surface area contributed by atoms with Crippen LogP contribution in [0.3, 0.4) is 0 Å². The summed E-state index contributed by atoms with van der Waals surface area (Å²) in [6.45, 7) is 5.18. The number of aryl methyl sites for hydroxylation is 2. The molecule has 1 aromatic carbocycles. The minimum Gasteiger partial charge on any atom is -0.333 e. The van der Waals surface area contributed by atoms with E-state index in [1.807, 2.05) is 55.4 Å². The maximum Gasteiger partial charge on any atom is 0.227 e. The minimum absolute atomic E-state index is 0.100. The summed E-state index contributed by atoms with van der Waals surface area (Å²) in [7, 11) is 1.87. The monoisotopic (exact) mass is 350 g/mol. The molecule has 1 atom stereocenters. The summed E-state index contributed by atoms with van der Waals surface area (Å²) in [5.41, 5.74) is 2.92. The molecule has 0 radical (unpaired) electrons. The molecule has 1 amide bonds.